The van der Waals surface area contributed by atoms with E-state index in [-0.39, 0.29) is 12.7 Å². The number of nitrogens with one attached hydrogen (secondary N) is 1. The van der Waals surface area contributed by atoms with E-state index in [9.17, 15) is 4.79 Å². The molecular weight excluding hydrogens is 232 g/mol. The van der Waals surface area contributed by atoms with Crippen LogP contribution >= 0.6 is 0 Å². The van der Waals surface area contributed by atoms with Gasteiger partial charge in [0, 0.05) is 6.54 Å². The standard InChI is InChI=1S/C13H16N2O3/c1-2-3-10(14)13(16)15-7-9-4-5-11-12(6-9)18-8-17-11/h2,4-6,10H,1,3,7-8,14H2,(H,15,16). The van der Waals surface area contributed by atoms with E-state index in [2.05, 4.69) is 11.9 Å². The summed E-state index contributed by atoms with van der Waals surface area (Å²) in [6, 6.07) is 5.01. The summed E-state index contributed by atoms with van der Waals surface area (Å²) < 4.78 is 10.5. The molecule has 0 bridgehead atoms. The Morgan fingerprint density at radius 2 is 2.28 bits per heavy atom. The molecule has 1 aliphatic rings. The number of carbonyl (C=O) groups excluding carboxylic acids is 1. The van der Waals surface area contributed by atoms with Gasteiger partial charge < -0.3 is 20.5 Å². The Morgan fingerprint density at radius 3 is 3.06 bits per heavy atom. The van der Waals surface area contributed by atoms with Crippen molar-refractivity contribution in [2.24, 2.45) is 5.73 Å². The van der Waals surface area contributed by atoms with Gasteiger partial charge in [-0.1, -0.05) is 12.1 Å². The fourth-order valence-corrected chi connectivity index (χ4v) is 1.66. The van der Waals surface area contributed by atoms with Gasteiger partial charge in [0.25, 0.3) is 0 Å². The van der Waals surface area contributed by atoms with E-state index in [1.807, 2.05) is 18.2 Å². The Kier molecular flexibility index (Phi) is 3.84. The number of nitrogens with two attached hydrogens (primary N) is 1. The highest BCUT2D eigenvalue weighted by molar-refractivity contribution is 5.81. The summed E-state index contributed by atoms with van der Waals surface area (Å²) in [6.07, 6.45) is 2.10. The van der Waals surface area contributed by atoms with Gasteiger partial charge in [-0.3, -0.25) is 4.79 Å². The molecular formula is C13H16N2O3. The lowest BCUT2D eigenvalue weighted by molar-refractivity contribution is -0.122. The smallest absolute Gasteiger partial charge is 0.237 e. The molecule has 1 heterocycles. The SMILES string of the molecule is C=CCC(N)C(=O)NCc1ccc2c(c1)OCO2. The lowest BCUT2D eigenvalue weighted by atomic mass is 10.1. The highest BCUT2D eigenvalue weighted by Crippen LogP contribution is 2.32. The van der Waals surface area contributed by atoms with E-state index < -0.39 is 6.04 Å². The molecule has 1 unspecified atom stereocenters. The largest absolute Gasteiger partial charge is 0.454 e. The third-order valence-electron chi connectivity index (χ3n) is 2.66. The predicted molar refractivity (Wildman–Crippen MR) is 67.2 cm³/mol. The van der Waals surface area contributed by atoms with Crippen LogP contribution in [0.2, 0.25) is 0 Å². The fraction of sp³-hybridized carbons (Fsp3) is 0.308. The fourth-order valence-electron chi connectivity index (χ4n) is 1.66. The van der Waals surface area contributed by atoms with Crippen molar-refractivity contribution in [3.8, 4) is 11.5 Å². The summed E-state index contributed by atoms with van der Waals surface area (Å²) in [5.74, 6) is 1.25. The topological polar surface area (TPSA) is 73.6 Å². The van der Waals surface area contributed by atoms with Gasteiger partial charge in [-0.15, -0.1) is 6.58 Å². The average Bonchev–Trinajstić information content (AvgIpc) is 2.83. The number of benzene rings is 1. The maximum atomic E-state index is 11.6. The van der Waals surface area contributed by atoms with E-state index in [1.54, 1.807) is 6.08 Å². The van der Waals surface area contributed by atoms with Gasteiger partial charge in [0.15, 0.2) is 11.5 Å². The Labute approximate surface area is 106 Å². The summed E-state index contributed by atoms with van der Waals surface area (Å²) in [5.41, 5.74) is 6.60. The molecule has 2 rings (SSSR count). The second kappa shape index (κ2) is 5.55. The zero-order chi connectivity index (χ0) is 13.0. The molecule has 0 saturated heterocycles. The van der Waals surface area contributed by atoms with Crippen molar-refractivity contribution in [1.82, 2.24) is 5.32 Å². The molecule has 0 aliphatic carbocycles. The molecule has 1 atom stereocenters. The molecule has 18 heavy (non-hydrogen) atoms. The molecule has 5 heteroatoms. The minimum atomic E-state index is -0.545. The lowest BCUT2D eigenvalue weighted by Gasteiger charge is -2.10. The van der Waals surface area contributed by atoms with Gasteiger partial charge in [0.1, 0.15) is 0 Å². The van der Waals surface area contributed by atoms with Crippen molar-refractivity contribution in [2.75, 3.05) is 6.79 Å². The second-order valence-corrected chi connectivity index (χ2v) is 4.04. The zero-order valence-corrected chi connectivity index (χ0v) is 10.0. The first kappa shape index (κ1) is 12.4. The van der Waals surface area contributed by atoms with Crippen molar-refractivity contribution >= 4 is 5.91 Å². The molecule has 96 valence electrons. The Hall–Kier alpha value is -2.01. The van der Waals surface area contributed by atoms with E-state index >= 15 is 0 Å². The molecule has 1 amide bonds. The van der Waals surface area contributed by atoms with Crippen LogP contribution < -0.4 is 20.5 Å². The summed E-state index contributed by atoms with van der Waals surface area (Å²) in [6.45, 7) is 4.21. The maximum absolute atomic E-state index is 11.6. The van der Waals surface area contributed by atoms with E-state index in [0.717, 1.165) is 11.3 Å². The van der Waals surface area contributed by atoms with Crippen LogP contribution in [-0.2, 0) is 11.3 Å². The molecule has 5 nitrogen and oxygen atoms in total. The van der Waals surface area contributed by atoms with Crippen molar-refractivity contribution in [1.29, 1.82) is 0 Å². The van der Waals surface area contributed by atoms with Gasteiger partial charge in [-0.05, 0) is 24.1 Å². The molecule has 0 radical (unpaired) electrons. The number of hydrogen-bond acceptors (Lipinski definition) is 4. The molecule has 0 fully saturated rings. The van der Waals surface area contributed by atoms with Crippen LogP contribution in [0.4, 0.5) is 0 Å². The van der Waals surface area contributed by atoms with Crippen LogP contribution in [0.15, 0.2) is 30.9 Å². The molecule has 1 aromatic carbocycles. The summed E-state index contributed by atoms with van der Waals surface area (Å²) in [4.78, 5) is 11.6. The van der Waals surface area contributed by atoms with Crippen LogP contribution in [0, 0.1) is 0 Å². The van der Waals surface area contributed by atoms with Gasteiger partial charge >= 0.3 is 0 Å². The predicted octanol–water partition coefficient (Wildman–Crippen LogP) is 0.935. The van der Waals surface area contributed by atoms with Gasteiger partial charge in [0.2, 0.25) is 12.7 Å². The molecule has 0 spiro atoms. The monoisotopic (exact) mass is 248 g/mol. The Morgan fingerprint density at radius 1 is 1.50 bits per heavy atom. The van der Waals surface area contributed by atoms with Crippen molar-refractivity contribution in [3.05, 3.63) is 36.4 Å². The first-order valence-electron chi connectivity index (χ1n) is 5.73. The highest BCUT2D eigenvalue weighted by atomic mass is 16.7. The number of ether oxygens (including phenoxy) is 2. The molecule has 1 aromatic rings. The number of hydrogen-bond donors (Lipinski definition) is 2. The lowest BCUT2D eigenvalue weighted by Crippen LogP contribution is -2.39. The normalized spacial score (nSPS) is 14.1. The quantitative estimate of drug-likeness (QED) is 0.760. The maximum Gasteiger partial charge on any atom is 0.237 e. The average molecular weight is 248 g/mol. The number of carbonyl (C=O) groups is 1. The van der Waals surface area contributed by atoms with Gasteiger partial charge in [0.05, 0.1) is 6.04 Å². The second-order valence-electron chi connectivity index (χ2n) is 4.04. The zero-order valence-electron chi connectivity index (χ0n) is 10.0. The van der Waals surface area contributed by atoms with Gasteiger partial charge in [-0.2, -0.15) is 0 Å². The van der Waals surface area contributed by atoms with E-state index in [1.165, 1.54) is 0 Å². The van der Waals surface area contributed by atoms with Crippen LogP contribution in [0.3, 0.4) is 0 Å². The Balaban J connectivity index is 1.90. The minimum absolute atomic E-state index is 0.187. The number of amides is 1. The first-order chi connectivity index (χ1) is 8.70. The minimum Gasteiger partial charge on any atom is -0.454 e. The highest BCUT2D eigenvalue weighted by Gasteiger charge is 2.14. The Bertz CT molecular complexity index is 460. The summed E-state index contributed by atoms with van der Waals surface area (Å²) >= 11 is 0. The molecule has 3 N–H and O–H groups in total. The third kappa shape index (κ3) is 2.81. The third-order valence-corrected chi connectivity index (χ3v) is 2.66. The summed E-state index contributed by atoms with van der Waals surface area (Å²) in [5, 5.41) is 2.77. The van der Waals surface area contributed by atoms with Crippen molar-refractivity contribution in [2.45, 2.75) is 19.0 Å². The molecule has 1 aliphatic heterocycles. The molecule has 0 aromatic heterocycles. The first-order valence-corrected chi connectivity index (χ1v) is 5.73. The number of rotatable bonds is 5. The number of fused-ring (bicyclic) bond motifs is 1. The van der Waals surface area contributed by atoms with Crippen molar-refractivity contribution < 1.29 is 14.3 Å². The van der Waals surface area contributed by atoms with Crippen LogP contribution in [0.1, 0.15) is 12.0 Å². The summed E-state index contributed by atoms with van der Waals surface area (Å²) in [7, 11) is 0. The molecule has 0 saturated carbocycles. The van der Waals surface area contributed by atoms with E-state index in [0.29, 0.717) is 18.7 Å². The van der Waals surface area contributed by atoms with E-state index in [4.69, 9.17) is 15.2 Å². The van der Waals surface area contributed by atoms with Crippen LogP contribution in [0.25, 0.3) is 0 Å². The van der Waals surface area contributed by atoms with Crippen molar-refractivity contribution in [3.63, 3.8) is 0 Å². The van der Waals surface area contributed by atoms with Crippen LogP contribution in [0.5, 0.6) is 11.5 Å². The van der Waals surface area contributed by atoms with Gasteiger partial charge in [-0.25, -0.2) is 0 Å². The van der Waals surface area contributed by atoms with Crippen LogP contribution in [-0.4, -0.2) is 18.7 Å².